The van der Waals surface area contributed by atoms with Crippen LogP contribution in [-0.4, -0.2) is 12.5 Å². The van der Waals surface area contributed by atoms with E-state index >= 15 is 0 Å². The molecule has 0 saturated carbocycles. The lowest BCUT2D eigenvalue weighted by molar-refractivity contribution is -0.121. The summed E-state index contributed by atoms with van der Waals surface area (Å²) in [6.07, 6.45) is 16.1. The lowest BCUT2D eigenvalue weighted by atomic mass is 10.1. The van der Waals surface area contributed by atoms with Crippen LogP contribution in [0.15, 0.2) is 42.6 Å². The van der Waals surface area contributed by atoms with Gasteiger partial charge in [0, 0.05) is 19.5 Å². The standard InChI is InChI=1S/C22H36N2O/c1-2-3-4-5-6-7-8-9-13-17-22(25)24-19-14-18-23-20-21-15-11-10-12-16-21/h10-12,14-16,18,23H,2-9,13,17,19-20H2,1H3,(H,24,25). The topological polar surface area (TPSA) is 41.1 Å². The van der Waals surface area contributed by atoms with Crippen LogP contribution in [0.3, 0.4) is 0 Å². The van der Waals surface area contributed by atoms with Crippen LogP contribution >= 0.6 is 0 Å². The maximum atomic E-state index is 11.7. The third kappa shape index (κ3) is 13.2. The summed E-state index contributed by atoms with van der Waals surface area (Å²) in [5.74, 6) is 0.163. The van der Waals surface area contributed by atoms with Crippen molar-refractivity contribution in [1.29, 1.82) is 0 Å². The quantitative estimate of drug-likeness (QED) is 0.422. The fourth-order valence-electron chi connectivity index (χ4n) is 2.77. The van der Waals surface area contributed by atoms with Crippen molar-refractivity contribution in [2.45, 2.75) is 77.7 Å². The molecule has 0 bridgehead atoms. The van der Waals surface area contributed by atoms with E-state index in [1.165, 1.54) is 56.9 Å². The van der Waals surface area contributed by atoms with Gasteiger partial charge in [0.2, 0.25) is 5.91 Å². The molecule has 140 valence electrons. The van der Waals surface area contributed by atoms with Gasteiger partial charge >= 0.3 is 0 Å². The summed E-state index contributed by atoms with van der Waals surface area (Å²) in [5, 5.41) is 6.17. The van der Waals surface area contributed by atoms with E-state index < -0.39 is 0 Å². The molecule has 0 fully saturated rings. The summed E-state index contributed by atoms with van der Waals surface area (Å²) in [6.45, 7) is 3.66. The van der Waals surface area contributed by atoms with Crippen molar-refractivity contribution in [3.63, 3.8) is 0 Å². The van der Waals surface area contributed by atoms with Crippen LogP contribution in [0.5, 0.6) is 0 Å². The second kappa shape index (κ2) is 15.7. The maximum Gasteiger partial charge on any atom is 0.220 e. The molecule has 0 radical (unpaired) electrons. The molecule has 1 aromatic rings. The molecule has 3 heteroatoms. The molecule has 0 aliphatic rings. The van der Waals surface area contributed by atoms with E-state index in [0.717, 1.165) is 13.0 Å². The maximum absolute atomic E-state index is 11.7. The van der Waals surface area contributed by atoms with Crippen LogP contribution in [0.4, 0.5) is 0 Å². The molecular formula is C22H36N2O. The third-order valence-corrected chi connectivity index (χ3v) is 4.31. The largest absolute Gasteiger partial charge is 0.387 e. The predicted molar refractivity (Wildman–Crippen MR) is 107 cm³/mol. The summed E-state index contributed by atoms with van der Waals surface area (Å²) in [4.78, 5) is 11.7. The number of unbranched alkanes of at least 4 members (excludes halogenated alkanes) is 8. The smallest absolute Gasteiger partial charge is 0.220 e. The molecule has 1 aromatic carbocycles. The Morgan fingerprint density at radius 2 is 1.56 bits per heavy atom. The Labute approximate surface area is 154 Å². The van der Waals surface area contributed by atoms with Gasteiger partial charge in [-0.1, -0.05) is 88.6 Å². The van der Waals surface area contributed by atoms with Crippen LogP contribution in [0.25, 0.3) is 0 Å². The predicted octanol–water partition coefficient (Wildman–Crippen LogP) is 5.33. The van der Waals surface area contributed by atoms with Crippen LogP contribution < -0.4 is 10.6 Å². The van der Waals surface area contributed by atoms with Gasteiger partial charge in [-0.2, -0.15) is 0 Å². The van der Waals surface area contributed by atoms with Crippen molar-refractivity contribution in [3.8, 4) is 0 Å². The second-order valence-corrected chi connectivity index (χ2v) is 6.65. The van der Waals surface area contributed by atoms with E-state index in [0.29, 0.717) is 13.0 Å². The lowest BCUT2D eigenvalue weighted by Crippen LogP contribution is -2.23. The minimum atomic E-state index is 0.163. The van der Waals surface area contributed by atoms with Crippen molar-refractivity contribution < 1.29 is 4.79 Å². The van der Waals surface area contributed by atoms with Crippen LogP contribution in [0.1, 0.15) is 76.7 Å². The highest BCUT2D eigenvalue weighted by Crippen LogP contribution is 2.10. The van der Waals surface area contributed by atoms with Crippen molar-refractivity contribution in [2.75, 3.05) is 6.54 Å². The highest BCUT2D eigenvalue weighted by Gasteiger charge is 1.99. The molecule has 25 heavy (non-hydrogen) atoms. The van der Waals surface area contributed by atoms with Crippen LogP contribution in [0, 0.1) is 0 Å². The number of benzene rings is 1. The Morgan fingerprint density at radius 3 is 2.24 bits per heavy atom. The number of amides is 1. The molecule has 0 spiro atoms. The van der Waals surface area contributed by atoms with E-state index in [4.69, 9.17) is 0 Å². The fourth-order valence-corrected chi connectivity index (χ4v) is 2.77. The third-order valence-electron chi connectivity index (χ3n) is 4.31. The van der Waals surface area contributed by atoms with Crippen LogP contribution in [-0.2, 0) is 11.3 Å². The molecule has 2 N–H and O–H groups in total. The molecule has 0 atom stereocenters. The van der Waals surface area contributed by atoms with Gasteiger partial charge in [0.1, 0.15) is 0 Å². The Morgan fingerprint density at radius 1 is 0.920 bits per heavy atom. The monoisotopic (exact) mass is 344 g/mol. The first kappa shape index (κ1) is 21.3. The molecule has 0 saturated heterocycles. The van der Waals surface area contributed by atoms with E-state index in [1.807, 2.05) is 30.5 Å². The normalized spacial score (nSPS) is 10.9. The number of hydrogen-bond acceptors (Lipinski definition) is 2. The van der Waals surface area contributed by atoms with E-state index in [-0.39, 0.29) is 5.91 Å². The van der Waals surface area contributed by atoms with E-state index in [9.17, 15) is 4.79 Å². The van der Waals surface area contributed by atoms with Gasteiger partial charge in [0.15, 0.2) is 0 Å². The molecule has 0 aromatic heterocycles. The summed E-state index contributed by atoms with van der Waals surface area (Å²) < 4.78 is 0. The minimum absolute atomic E-state index is 0.163. The van der Waals surface area contributed by atoms with Gasteiger partial charge in [0.25, 0.3) is 0 Å². The molecule has 0 heterocycles. The first-order chi connectivity index (χ1) is 12.3. The van der Waals surface area contributed by atoms with Gasteiger partial charge in [-0.3, -0.25) is 4.79 Å². The van der Waals surface area contributed by atoms with Crippen molar-refractivity contribution in [3.05, 3.63) is 48.2 Å². The Hall–Kier alpha value is -1.77. The average molecular weight is 345 g/mol. The van der Waals surface area contributed by atoms with Gasteiger partial charge in [0.05, 0.1) is 0 Å². The van der Waals surface area contributed by atoms with Gasteiger partial charge in [-0.15, -0.1) is 0 Å². The zero-order valence-electron chi connectivity index (χ0n) is 15.9. The molecule has 1 amide bonds. The molecule has 0 aliphatic heterocycles. The van der Waals surface area contributed by atoms with E-state index in [2.05, 4.69) is 29.7 Å². The van der Waals surface area contributed by atoms with Crippen molar-refractivity contribution in [1.82, 2.24) is 10.6 Å². The minimum Gasteiger partial charge on any atom is -0.387 e. The highest BCUT2D eigenvalue weighted by atomic mass is 16.1. The number of hydrogen-bond donors (Lipinski definition) is 2. The van der Waals surface area contributed by atoms with Gasteiger partial charge in [-0.25, -0.2) is 0 Å². The fraction of sp³-hybridized carbons (Fsp3) is 0.591. The number of carbonyl (C=O) groups excluding carboxylic acids is 1. The Kier molecular flexibility index (Phi) is 13.4. The first-order valence-corrected chi connectivity index (χ1v) is 10.0. The molecule has 0 aliphatic carbocycles. The zero-order valence-corrected chi connectivity index (χ0v) is 15.9. The van der Waals surface area contributed by atoms with Crippen molar-refractivity contribution >= 4 is 5.91 Å². The Bertz CT molecular complexity index is 456. The number of carbonyl (C=O) groups is 1. The molecule has 0 unspecified atom stereocenters. The average Bonchev–Trinajstić information content (AvgIpc) is 2.64. The zero-order chi connectivity index (χ0) is 18.0. The molecule has 1 rings (SSSR count). The SMILES string of the molecule is CCCCCCCCCCCC(=O)NCC=CNCc1ccccc1. The van der Waals surface area contributed by atoms with E-state index in [1.54, 1.807) is 0 Å². The summed E-state index contributed by atoms with van der Waals surface area (Å²) in [7, 11) is 0. The highest BCUT2D eigenvalue weighted by molar-refractivity contribution is 5.75. The summed E-state index contributed by atoms with van der Waals surface area (Å²) >= 11 is 0. The van der Waals surface area contributed by atoms with Gasteiger partial charge in [-0.05, 0) is 24.3 Å². The van der Waals surface area contributed by atoms with Crippen molar-refractivity contribution in [2.24, 2.45) is 0 Å². The molecular weight excluding hydrogens is 308 g/mol. The summed E-state index contributed by atoms with van der Waals surface area (Å²) in [5.41, 5.74) is 1.25. The second-order valence-electron chi connectivity index (χ2n) is 6.65. The number of rotatable bonds is 15. The lowest BCUT2D eigenvalue weighted by Gasteiger charge is -2.04. The van der Waals surface area contributed by atoms with Crippen LogP contribution in [0.2, 0.25) is 0 Å². The number of nitrogens with one attached hydrogen (secondary N) is 2. The van der Waals surface area contributed by atoms with Gasteiger partial charge < -0.3 is 10.6 Å². The summed E-state index contributed by atoms with van der Waals surface area (Å²) in [6, 6.07) is 10.3. The Balaban J connectivity index is 1.87. The first-order valence-electron chi connectivity index (χ1n) is 10.0. The molecule has 3 nitrogen and oxygen atoms in total.